The molecule has 0 heterocycles. The average molecular weight is 284 g/mol. The van der Waals surface area contributed by atoms with E-state index in [1.165, 1.54) is 13.2 Å². The highest BCUT2D eigenvalue weighted by atomic mass is 28.3. The third-order valence-electron chi connectivity index (χ3n) is 3.84. The Morgan fingerprint density at radius 3 is 2.47 bits per heavy atom. The normalized spacial score (nSPS) is 27.9. The lowest BCUT2D eigenvalue weighted by molar-refractivity contribution is -0.142. The van der Waals surface area contributed by atoms with Gasteiger partial charge in [0.25, 0.3) is 0 Å². The number of carbonyl (C=O) groups excluding carboxylic acids is 1. The van der Waals surface area contributed by atoms with Crippen molar-refractivity contribution in [1.82, 2.24) is 0 Å². The Hall–Kier alpha value is -0.613. The fourth-order valence-electron chi connectivity index (χ4n) is 2.74. The molecule has 0 spiro atoms. The van der Waals surface area contributed by atoms with E-state index in [4.69, 9.17) is 9.47 Å². The minimum Gasteiger partial charge on any atom is -0.469 e. The van der Waals surface area contributed by atoms with Gasteiger partial charge in [0.05, 0.1) is 13.2 Å². The van der Waals surface area contributed by atoms with Crippen molar-refractivity contribution >= 4 is 14.0 Å². The van der Waals surface area contributed by atoms with E-state index in [2.05, 4.69) is 31.8 Å². The molecule has 1 fully saturated rings. The maximum Gasteiger partial charge on any atom is 0.305 e. The summed E-state index contributed by atoms with van der Waals surface area (Å²) in [5.41, 5.74) is 0. The first-order chi connectivity index (χ1) is 8.87. The molecule has 1 rings (SSSR count). The van der Waals surface area contributed by atoms with Crippen molar-refractivity contribution in [2.45, 2.75) is 51.1 Å². The zero-order valence-corrected chi connectivity index (χ0v) is 13.9. The van der Waals surface area contributed by atoms with Gasteiger partial charge in [-0.3, -0.25) is 4.79 Å². The number of allylic oxidation sites excluding steroid dienone is 1. The molecule has 1 saturated carbocycles. The Morgan fingerprint density at radius 1 is 1.26 bits per heavy atom. The Bertz CT molecular complexity index is 320. The van der Waals surface area contributed by atoms with Crippen LogP contribution in [0.15, 0.2) is 12.2 Å². The van der Waals surface area contributed by atoms with Crippen LogP contribution in [0.25, 0.3) is 0 Å². The van der Waals surface area contributed by atoms with Crippen LogP contribution in [0.2, 0.25) is 25.7 Å². The van der Waals surface area contributed by atoms with Gasteiger partial charge in [-0.15, -0.1) is 0 Å². The lowest BCUT2D eigenvalue weighted by Crippen LogP contribution is -2.22. The van der Waals surface area contributed by atoms with E-state index < -0.39 is 8.07 Å². The van der Waals surface area contributed by atoms with Gasteiger partial charge < -0.3 is 9.47 Å². The lowest BCUT2D eigenvalue weighted by Gasteiger charge is -2.21. The van der Waals surface area contributed by atoms with Gasteiger partial charge in [-0.2, -0.15) is 0 Å². The number of hydrogen-bond donors (Lipinski definition) is 0. The minimum absolute atomic E-state index is 0.106. The Kier molecular flexibility index (Phi) is 6.27. The van der Waals surface area contributed by atoms with Gasteiger partial charge in [-0.1, -0.05) is 31.8 Å². The molecule has 1 aliphatic carbocycles. The van der Waals surface area contributed by atoms with Crippen LogP contribution < -0.4 is 0 Å². The summed E-state index contributed by atoms with van der Waals surface area (Å²) < 4.78 is 10.4. The van der Waals surface area contributed by atoms with Gasteiger partial charge in [0.2, 0.25) is 0 Å². The monoisotopic (exact) mass is 284 g/mol. The van der Waals surface area contributed by atoms with Gasteiger partial charge in [-0.25, -0.2) is 0 Å². The van der Waals surface area contributed by atoms with Crippen molar-refractivity contribution in [2.75, 3.05) is 14.2 Å². The molecular weight excluding hydrogens is 256 g/mol. The van der Waals surface area contributed by atoms with E-state index in [1.807, 2.05) is 0 Å². The van der Waals surface area contributed by atoms with Crippen LogP contribution in [0.1, 0.15) is 19.3 Å². The van der Waals surface area contributed by atoms with E-state index in [9.17, 15) is 4.79 Å². The van der Waals surface area contributed by atoms with Crippen molar-refractivity contribution < 1.29 is 14.3 Å². The van der Waals surface area contributed by atoms with Crippen LogP contribution >= 0.6 is 0 Å². The third-order valence-corrected chi connectivity index (χ3v) is 5.30. The maximum atomic E-state index is 11.5. The van der Waals surface area contributed by atoms with Crippen molar-refractivity contribution in [3.63, 3.8) is 0 Å². The molecule has 0 bridgehead atoms. The smallest absolute Gasteiger partial charge is 0.305 e. The third kappa shape index (κ3) is 5.49. The largest absolute Gasteiger partial charge is 0.469 e. The van der Waals surface area contributed by atoms with Crippen LogP contribution in [-0.2, 0) is 14.3 Å². The molecule has 19 heavy (non-hydrogen) atoms. The second-order valence-electron chi connectivity index (χ2n) is 6.66. The first kappa shape index (κ1) is 16.4. The lowest BCUT2D eigenvalue weighted by atomic mass is 9.91. The molecular formula is C15H28O3Si. The molecule has 0 saturated heterocycles. The zero-order chi connectivity index (χ0) is 14.5. The molecule has 4 heteroatoms. The summed E-state index contributed by atoms with van der Waals surface area (Å²) in [6, 6.07) is 1.19. The molecule has 110 valence electrons. The second kappa shape index (κ2) is 7.24. The Balaban J connectivity index is 2.64. The Morgan fingerprint density at radius 2 is 1.95 bits per heavy atom. The molecule has 3 nitrogen and oxygen atoms in total. The van der Waals surface area contributed by atoms with Crippen molar-refractivity contribution in [3.8, 4) is 0 Å². The maximum absolute atomic E-state index is 11.5. The summed E-state index contributed by atoms with van der Waals surface area (Å²) in [5.74, 6) is 0.626. The number of esters is 1. The molecule has 3 atom stereocenters. The molecule has 0 amide bonds. The van der Waals surface area contributed by atoms with E-state index in [0.717, 1.165) is 12.8 Å². The average Bonchev–Trinajstić information content (AvgIpc) is 2.70. The van der Waals surface area contributed by atoms with Crippen LogP contribution in [0.3, 0.4) is 0 Å². The van der Waals surface area contributed by atoms with Crippen LogP contribution in [0, 0.1) is 11.8 Å². The zero-order valence-electron chi connectivity index (χ0n) is 12.9. The van der Waals surface area contributed by atoms with Crippen molar-refractivity contribution in [2.24, 2.45) is 11.8 Å². The van der Waals surface area contributed by atoms with Crippen molar-refractivity contribution in [3.05, 3.63) is 12.2 Å². The summed E-state index contributed by atoms with van der Waals surface area (Å²) >= 11 is 0. The highest BCUT2D eigenvalue weighted by Crippen LogP contribution is 2.37. The van der Waals surface area contributed by atoms with Crippen LogP contribution in [-0.4, -0.2) is 34.4 Å². The Labute approximate surface area is 118 Å². The molecule has 0 aromatic rings. The first-order valence-electron chi connectivity index (χ1n) is 7.13. The SMILES string of the molecule is COC(=O)C[C@@H]1CC[C@H](OC)[C@@H]1/C=C/C[Si](C)(C)C. The fourth-order valence-corrected chi connectivity index (χ4v) is 3.58. The second-order valence-corrected chi connectivity index (χ2v) is 12.2. The fraction of sp³-hybridized carbons (Fsp3) is 0.800. The van der Waals surface area contributed by atoms with Crippen LogP contribution in [0.5, 0.6) is 0 Å². The quantitative estimate of drug-likeness (QED) is 0.425. The number of hydrogen-bond acceptors (Lipinski definition) is 3. The number of ether oxygens (including phenoxy) is 2. The predicted octanol–water partition coefficient (Wildman–Crippen LogP) is 3.49. The topological polar surface area (TPSA) is 35.5 Å². The summed E-state index contributed by atoms with van der Waals surface area (Å²) in [7, 11) is 2.19. The molecule has 1 aliphatic rings. The standard InChI is InChI=1S/C15H28O3Si/c1-17-14-9-8-12(11-15(16)18-2)13(14)7-6-10-19(3,4)5/h6-7,12-14H,8-11H2,1-5H3/b7-6+/t12-,13+,14-/m0/s1. The van der Waals surface area contributed by atoms with Gasteiger partial charge in [0, 0.05) is 27.5 Å². The van der Waals surface area contributed by atoms with Gasteiger partial charge in [0.15, 0.2) is 0 Å². The van der Waals surface area contributed by atoms with E-state index in [1.54, 1.807) is 7.11 Å². The molecule has 0 radical (unpaired) electrons. The molecule has 0 aliphatic heterocycles. The van der Waals surface area contributed by atoms with E-state index in [0.29, 0.717) is 18.3 Å². The molecule has 0 aromatic heterocycles. The highest BCUT2D eigenvalue weighted by molar-refractivity contribution is 6.76. The summed E-state index contributed by atoms with van der Waals surface area (Å²) in [4.78, 5) is 11.5. The minimum atomic E-state index is -1.04. The number of methoxy groups -OCH3 is 2. The number of carbonyl (C=O) groups is 1. The van der Waals surface area contributed by atoms with Gasteiger partial charge in [-0.05, 0) is 24.8 Å². The van der Waals surface area contributed by atoms with Crippen molar-refractivity contribution in [1.29, 1.82) is 0 Å². The number of rotatable bonds is 6. The van der Waals surface area contributed by atoms with Crippen LogP contribution in [0.4, 0.5) is 0 Å². The molecule has 0 N–H and O–H groups in total. The summed E-state index contributed by atoms with van der Waals surface area (Å²) in [5, 5.41) is 0. The van der Waals surface area contributed by atoms with E-state index >= 15 is 0 Å². The molecule has 0 unspecified atom stereocenters. The first-order valence-corrected chi connectivity index (χ1v) is 10.8. The predicted molar refractivity (Wildman–Crippen MR) is 80.9 cm³/mol. The molecule has 0 aromatic carbocycles. The highest BCUT2D eigenvalue weighted by Gasteiger charge is 2.35. The summed E-state index contributed by atoms with van der Waals surface area (Å²) in [6.45, 7) is 7.10. The van der Waals surface area contributed by atoms with Gasteiger partial charge >= 0.3 is 5.97 Å². The summed E-state index contributed by atoms with van der Waals surface area (Å²) in [6.07, 6.45) is 7.45. The van der Waals surface area contributed by atoms with Gasteiger partial charge in [0.1, 0.15) is 0 Å². The van der Waals surface area contributed by atoms with E-state index in [-0.39, 0.29) is 12.1 Å².